The number of carbonyl (C=O) groups excluding carboxylic acids is 1. The lowest BCUT2D eigenvalue weighted by molar-refractivity contribution is 0.0916. The molecule has 1 aliphatic carbocycles. The van der Waals surface area contributed by atoms with Gasteiger partial charge in [0.05, 0.1) is 32.9 Å². The number of methoxy groups -OCH3 is 3. The minimum atomic E-state index is -0.778. The van der Waals surface area contributed by atoms with Crippen LogP contribution in [0.25, 0.3) is 10.9 Å². The number of H-pyrrole nitrogens is 1. The molecule has 0 radical (unpaired) electrons. The molecular weight excluding hydrogens is 322 g/mol. The first kappa shape index (κ1) is 17.0. The molecule has 0 unspecified atom stereocenters. The number of nitriles is 1. The molecule has 2 aromatic rings. The first-order valence-corrected chi connectivity index (χ1v) is 8.13. The van der Waals surface area contributed by atoms with Gasteiger partial charge >= 0.3 is 0 Å². The van der Waals surface area contributed by atoms with E-state index in [4.69, 9.17) is 14.2 Å². The fourth-order valence-corrected chi connectivity index (χ4v) is 3.39. The predicted octanol–water partition coefficient (Wildman–Crippen LogP) is 2.76. The van der Waals surface area contributed by atoms with Crippen molar-refractivity contribution in [2.75, 3.05) is 21.3 Å². The Labute approximate surface area is 145 Å². The van der Waals surface area contributed by atoms with Crippen LogP contribution in [0.1, 0.15) is 36.2 Å². The van der Waals surface area contributed by atoms with Gasteiger partial charge in [-0.1, -0.05) is 0 Å². The number of nitrogens with zero attached hydrogens (tertiary/aromatic N) is 1. The number of benzene rings is 1. The maximum absolute atomic E-state index is 12.7. The standard InChI is InChI=1S/C18H21N3O4/c1-23-13-9-14(24-2)16(25-3)15-11(13)8-12(20-15)17(22)21-18(10-19)6-4-5-7-18/h8-9,20H,4-7H2,1-3H3,(H,21,22). The molecule has 3 rings (SSSR count). The highest BCUT2D eigenvalue weighted by Crippen LogP contribution is 2.41. The Morgan fingerprint density at radius 1 is 1.16 bits per heavy atom. The van der Waals surface area contributed by atoms with E-state index in [1.165, 1.54) is 14.2 Å². The van der Waals surface area contributed by atoms with Gasteiger partial charge in [0, 0.05) is 11.5 Å². The molecule has 132 valence electrons. The quantitative estimate of drug-likeness (QED) is 0.870. The number of hydrogen-bond acceptors (Lipinski definition) is 5. The summed E-state index contributed by atoms with van der Waals surface area (Å²) < 4.78 is 16.1. The Morgan fingerprint density at radius 3 is 2.40 bits per heavy atom. The van der Waals surface area contributed by atoms with Gasteiger partial charge in [0.2, 0.25) is 0 Å². The zero-order valence-electron chi connectivity index (χ0n) is 14.6. The highest BCUT2D eigenvalue weighted by Gasteiger charge is 2.36. The van der Waals surface area contributed by atoms with Crippen LogP contribution in [0, 0.1) is 11.3 Å². The van der Waals surface area contributed by atoms with Gasteiger partial charge in [-0.15, -0.1) is 0 Å². The van der Waals surface area contributed by atoms with Crippen LogP contribution in [0.15, 0.2) is 12.1 Å². The lowest BCUT2D eigenvalue weighted by Gasteiger charge is -2.21. The molecule has 1 aromatic heterocycles. The molecule has 0 saturated heterocycles. The van der Waals surface area contributed by atoms with Crippen molar-refractivity contribution in [2.45, 2.75) is 31.2 Å². The number of aromatic nitrogens is 1. The molecule has 7 heteroatoms. The Morgan fingerprint density at radius 2 is 1.84 bits per heavy atom. The second-order valence-electron chi connectivity index (χ2n) is 6.14. The van der Waals surface area contributed by atoms with E-state index in [1.807, 2.05) is 0 Å². The normalized spacial score (nSPS) is 15.6. The third kappa shape index (κ3) is 2.84. The zero-order chi connectivity index (χ0) is 18.0. The van der Waals surface area contributed by atoms with E-state index in [-0.39, 0.29) is 5.91 Å². The van der Waals surface area contributed by atoms with Gasteiger partial charge in [0.25, 0.3) is 5.91 Å². The summed E-state index contributed by atoms with van der Waals surface area (Å²) in [7, 11) is 4.63. The molecule has 1 amide bonds. The van der Waals surface area contributed by atoms with Gasteiger partial charge in [-0.2, -0.15) is 5.26 Å². The second-order valence-corrected chi connectivity index (χ2v) is 6.14. The van der Waals surface area contributed by atoms with E-state index in [9.17, 15) is 10.1 Å². The lowest BCUT2D eigenvalue weighted by atomic mass is 10.00. The molecule has 1 aromatic carbocycles. The van der Waals surface area contributed by atoms with Crippen molar-refractivity contribution >= 4 is 16.8 Å². The van der Waals surface area contributed by atoms with E-state index in [1.54, 1.807) is 19.2 Å². The maximum atomic E-state index is 12.7. The average Bonchev–Trinajstić information content (AvgIpc) is 3.27. The minimum Gasteiger partial charge on any atom is -0.496 e. The number of carbonyl (C=O) groups is 1. The molecule has 0 aliphatic heterocycles. The predicted molar refractivity (Wildman–Crippen MR) is 92.2 cm³/mol. The van der Waals surface area contributed by atoms with Gasteiger partial charge in [-0.05, 0) is 31.7 Å². The lowest BCUT2D eigenvalue weighted by Crippen LogP contribution is -2.45. The van der Waals surface area contributed by atoms with Gasteiger partial charge in [-0.25, -0.2) is 0 Å². The molecule has 25 heavy (non-hydrogen) atoms. The summed E-state index contributed by atoms with van der Waals surface area (Å²) in [5.41, 5.74) is 0.183. The van der Waals surface area contributed by atoms with E-state index in [0.29, 0.717) is 46.7 Å². The molecule has 7 nitrogen and oxygen atoms in total. The molecule has 1 heterocycles. The fraction of sp³-hybridized carbons (Fsp3) is 0.444. The van der Waals surface area contributed by atoms with Crippen LogP contribution in [-0.2, 0) is 0 Å². The Balaban J connectivity index is 2.03. The summed E-state index contributed by atoms with van der Waals surface area (Å²) in [6, 6.07) is 5.67. The van der Waals surface area contributed by atoms with Crippen LogP contribution in [0.2, 0.25) is 0 Å². The van der Waals surface area contributed by atoms with Gasteiger partial charge in [0.1, 0.15) is 17.0 Å². The minimum absolute atomic E-state index is 0.317. The van der Waals surface area contributed by atoms with Crippen molar-refractivity contribution in [1.82, 2.24) is 10.3 Å². The zero-order valence-corrected chi connectivity index (χ0v) is 14.6. The van der Waals surface area contributed by atoms with Crippen LogP contribution < -0.4 is 19.5 Å². The van der Waals surface area contributed by atoms with E-state index in [2.05, 4.69) is 16.4 Å². The molecule has 2 N–H and O–H groups in total. The second kappa shape index (κ2) is 6.55. The smallest absolute Gasteiger partial charge is 0.268 e. The Hall–Kier alpha value is -2.88. The van der Waals surface area contributed by atoms with Crippen LogP contribution in [-0.4, -0.2) is 37.8 Å². The third-order valence-corrected chi connectivity index (χ3v) is 4.71. The summed E-state index contributed by atoms with van der Waals surface area (Å²) in [5.74, 6) is 1.25. The number of hydrogen-bond donors (Lipinski definition) is 2. The van der Waals surface area contributed by atoms with Gasteiger partial charge in [0.15, 0.2) is 11.5 Å². The van der Waals surface area contributed by atoms with Crippen LogP contribution in [0.5, 0.6) is 17.2 Å². The molecule has 0 bridgehead atoms. The Kier molecular flexibility index (Phi) is 4.45. The van der Waals surface area contributed by atoms with E-state index in [0.717, 1.165) is 12.8 Å². The summed E-state index contributed by atoms with van der Waals surface area (Å²) in [6.45, 7) is 0. The van der Waals surface area contributed by atoms with Crippen molar-refractivity contribution in [3.8, 4) is 23.3 Å². The molecular formula is C18H21N3O4. The van der Waals surface area contributed by atoms with Gasteiger partial charge < -0.3 is 24.5 Å². The number of aromatic amines is 1. The summed E-state index contributed by atoms with van der Waals surface area (Å²) >= 11 is 0. The number of amides is 1. The highest BCUT2D eigenvalue weighted by atomic mass is 16.5. The SMILES string of the molecule is COc1cc(OC)c2cc(C(=O)NC3(C#N)CCCC3)[nH]c2c1OC. The van der Waals surface area contributed by atoms with E-state index < -0.39 is 5.54 Å². The van der Waals surface area contributed by atoms with Crippen molar-refractivity contribution in [2.24, 2.45) is 0 Å². The number of nitrogens with one attached hydrogen (secondary N) is 2. The van der Waals surface area contributed by atoms with Gasteiger partial charge in [-0.3, -0.25) is 4.79 Å². The largest absolute Gasteiger partial charge is 0.496 e. The molecule has 1 aliphatic rings. The van der Waals surface area contributed by atoms with Crippen molar-refractivity contribution in [1.29, 1.82) is 5.26 Å². The first-order valence-electron chi connectivity index (χ1n) is 8.13. The van der Waals surface area contributed by atoms with Crippen molar-refractivity contribution < 1.29 is 19.0 Å². The first-order chi connectivity index (χ1) is 12.1. The molecule has 0 atom stereocenters. The fourth-order valence-electron chi connectivity index (χ4n) is 3.39. The molecule has 1 fully saturated rings. The molecule has 1 saturated carbocycles. The highest BCUT2D eigenvalue weighted by molar-refractivity contribution is 6.02. The summed E-state index contributed by atoms with van der Waals surface area (Å²) in [5, 5.41) is 13.0. The van der Waals surface area contributed by atoms with Crippen LogP contribution >= 0.6 is 0 Å². The topological polar surface area (TPSA) is 96.4 Å². The monoisotopic (exact) mass is 343 g/mol. The number of fused-ring (bicyclic) bond motifs is 1. The Bertz CT molecular complexity index is 844. The van der Waals surface area contributed by atoms with Crippen LogP contribution in [0.3, 0.4) is 0 Å². The number of rotatable bonds is 5. The van der Waals surface area contributed by atoms with E-state index >= 15 is 0 Å². The summed E-state index contributed by atoms with van der Waals surface area (Å²) in [4.78, 5) is 15.8. The van der Waals surface area contributed by atoms with Crippen LogP contribution in [0.4, 0.5) is 0 Å². The number of ether oxygens (including phenoxy) is 3. The molecule has 0 spiro atoms. The third-order valence-electron chi connectivity index (χ3n) is 4.71. The van der Waals surface area contributed by atoms with Crippen molar-refractivity contribution in [3.63, 3.8) is 0 Å². The van der Waals surface area contributed by atoms with Crippen molar-refractivity contribution in [3.05, 3.63) is 17.8 Å². The summed E-state index contributed by atoms with van der Waals surface area (Å²) in [6.07, 6.45) is 3.24. The maximum Gasteiger partial charge on any atom is 0.268 e. The average molecular weight is 343 g/mol.